The molecule has 5 nitrogen and oxygen atoms in total. The third kappa shape index (κ3) is 2.56. The van der Waals surface area contributed by atoms with Gasteiger partial charge in [0.2, 0.25) is 0 Å². The Balaban J connectivity index is 1.97. The lowest BCUT2D eigenvalue weighted by atomic mass is 10.2. The van der Waals surface area contributed by atoms with Gasteiger partial charge in [-0.2, -0.15) is 0 Å². The normalized spacial score (nSPS) is 20.5. The lowest BCUT2D eigenvalue weighted by molar-refractivity contribution is 0.116. The number of hydrogen-bond acceptors (Lipinski definition) is 5. The molecule has 0 saturated carbocycles. The Morgan fingerprint density at radius 2 is 2.47 bits per heavy atom. The van der Waals surface area contributed by atoms with Crippen LogP contribution in [0.4, 0.5) is 11.6 Å². The molecule has 0 amide bonds. The van der Waals surface area contributed by atoms with Crippen LogP contribution in [0.15, 0.2) is 12.4 Å². The molecule has 2 N–H and O–H groups in total. The summed E-state index contributed by atoms with van der Waals surface area (Å²) in [5.41, 5.74) is 5.60. The first-order valence-electron chi connectivity index (χ1n) is 5.16. The molecule has 0 radical (unpaired) electrons. The van der Waals surface area contributed by atoms with Gasteiger partial charge in [-0.05, 0) is 12.8 Å². The summed E-state index contributed by atoms with van der Waals surface area (Å²) < 4.78 is 5.56. The summed E-state index contributed by atoms with van der Waals surface area (Å²) in [6.45, 7) is 1.74. The molecule has 82 valence electrons. The van der Waals surface area contributed by atoms with E-state index in [1.54, 1.807) is 6.07 Å². The molecule has 1 aliphatic heterocycles. The molecule has 1 aliphatic rings. The van der Waals surface area contributed by atoms with Crippen molar-refractivity contribution in [2.45, 2.75) is 18.9 Å². The van der Waals surface area contributed by atoms with Crippen LogP contribution in [0.2, 0.25) is 0 Å². The summed E-state index contributed by atoms with van der Waals surface area (Å²) in [5.74, 6) is 1.34. The lowest BCUT2D eigenvalue weighted by Crippen LogP contribution is -2.29. The van der Waals surface area contributed by atoms with Crippen molar-refractivity contribution in [1.82, 2.24) is 9.97 Å². The first-order valence-corrected chi connectivity index (χ1v) is 5.16. The van der Waals surface area contributed by atoms with E-state index in [4.69, 9.17) is 10.5 Å². The highest BCUT2D eigenvalue weighted by atomic mass is 16.5. The number of aromatic nitrogens is 2. The monoisotopic (exact) mass is 208 g/mol. The van der Waals surface area contributed by atoms with Gasteiger partial charge in [-0.1, -0.05) is 0 Å². The zero-order valence-corrected chi connectivity index (χ0v) is 8.89. The predicted octanol–water partition coefficient (Wildman–Crippen LogP) is 0.674. The van der Waals surface area contributed by atoms with Gasteiger partial charge in [0.1, 0.15) is 18.0 Å². The summed E-state index contributed by atoms with van der Waals surface area (Å²) in [6, 6.07) is 1.77. The lowest BCUT2D eigenvalue weighted by Gasteiger charge is -2.21. The molecular formula is C10H16N4O. The van der Waals surface area contributed by atoms with Crippen molar-refractivity contribution < 1.29 is 4.74 Å². The highest BCUT2D eigenvalue weighted by Gasteiger charge is 2.18. The van der Waals surface area contributed by atoms with Crippen LogP contribution < -0.4 is 10.6 Å². The second-order valence-electron chi connectivity index (χ2n) is 3.82. The van der Waals surface area contributed by atoms with E-state index in [9.17, 15) is 0 Å². The molecule has 1 aromatic rings. The fourth-order valence-corrected chi connectivity index (χ4v) is 1.76. The molecule has 1 fully saturated rings. The summed E-state index contributed by atoms with van der Waals surface area (Å²) in [5, 5.41) is 0. The molecule has 1 unspecified atom stereocenters. The van der Waals surface area contributed by atoms with Gasteiger partial charge in [0.15, 0.2) is 0 Å². The van der Waals surface area contributed by atoms with Gasteiger partial charge in [0.05, 0.1) is 6.10 Å². The maximum absolute atomic E-state index is 5.60. The highest BCUT2D eigenvalue weighted by molar-refractivity contribution is 5.45. The molecule has 0 spiro atoms. The number of ether oxygens (including phenoxy) is 1. The number of nitrogen functional groups attached to an aromatic ring is 1. The van der Waals surface area contributed by atoms with Gasteiger partial charge in [0.25, 0.3) is 0 Å². The van der Waals surface area contributed by atoms with E-state index in [1.165, 1.54) is 6.33 Å². The van der Waals surface area contributed by atoms with Gasteiger partial charge in [-0.15, -0.1) is 0 Å². The first kappa shape index (κ1) is 10.2. The summed E-state index contributed by atoms with van der Waals surface area (Å²) in [4.78, 5) is 10.1. The van der Waals surface area contributed by atoms with Crippen molar-refractivity contribution in [2.75, 3.05) is 30.8 Å². The number of hydrogen-bond donors (Lipinski definition) is 1. The van der Waals surface area contributed by atoms with Crippen LogP contribution in [-0.4, -0.2) is 36.3 Å². The van der Waals surface area contributed by atoms with Crippen molar-refractivity contribution in [2.24, 2.45) is 0 Å². The molecule has 15 heavy (non-hydrogen) atoms. The summed E-state index contributed by atoms with van der Waals surface area (Å²) >= 11 is 0. The Morgan fingerprint density at radius 1 is 1.60 bits per heavy atom. The number of rotatable bonds is 3. The quantitative estimate of drug-likeness (QED) is 0.791. The molecule has 2 rings (SSSR count). The number of anilines is 2. The molecule has 1 atom stereocenters. The van der Waals surface area contributed by atoms with E-state index in [-0.39, 0.29) is 0 Å². The third-order valence-electron chi connectivity index (χ3n) is 2.57. The van der Waals surface area contributed by atoms with Crippen LogP contribution in [0.25, 0.3) is 0 Å². The number of nitrogens with zero attached hydrogens (tertiary/aromatic N) is 3. The number of likely N-dealkylation sites (N-methyl/N-ethyl adjacent to an activating group) is 1. The van der Waals surface area contributed by atoms with Crippen LogP contribution in [0.5, 0.6) is 0 Å². The van der Waals surface area contributed by atoms with Gasteiger partial charge < -0.3 is 15.4 Å². The summed E-state index contributed by atoms with van der Waals surface area (Å²) in [6.07, 6.45) is 4.10. The largest absolute Gasteiger partial charge is 0.384 e. The van der Waals surface area contributed by atoms with Crippen LogP contribution >= 0.6 is 0 Å². The topological polar surface area (TPSA) is 64.3 Å². The van der Waals surface area contributed by atoms with E-state index in [1.807, 2.05) is 11.9 Å². The first-order chi connectivity index (χ1) is 7.25. The van der Waals surface area contributed by atoms with E-state index in [2.05, 4.69) is 9.97 Å². The molecule has 1 aromatic heterocycles. The maximum Gasteiger partial charge on any atom is 0.133 e. The summed E-state index contributed by atoms with van der Waals surface area (Å²) in [7, 11) is 1.99. The van der Waals surface area contributed by atoms with E-state index >= 15 is 0 Å². The maximum atomic E-state index is 5.60. The Labute approximate surface area is 89.3 Å². The number of nitrogens with two attached hydrogens (primary N) is 1. The molecule has 5 heteroatoms. The van der Waals surface area contributed by atoms with Crippen molar-refractivity contribution in [3.63, 3.8) is 0 Å². The van der Waals surface area contributed by atoms with E-state index in [0.29, 0.717) is 11.9 Å². The predicted molar refractivity (Wildman–Crippen MR) is 58.7 cm³/mol. The average molecular weight is 208 g/mol. The van der Waals surface area contributed by atoms with Crippen molar-refractivity contribution >= 4 is 11.6 Å². The van der Waals surface area contributed by atoms with Crippen molar-refractivity contribution in [3.05, 3.63) is 12.4 Å². The van der Waals surface area contributed by atoms with Gasteiger partial charge >= 0.3 is 0 Å². The average Bonchev–Trinajstić information content (AvgIpc) is 2.70. The molecule has 1 saturated heterocycles. The van der Waals surface area contributed by atoms with Crippen molar-refractivity contribution in [3.8, 4) is 0 Å². The standard InChI is InChI=1S/C10H16N4O/c1-14(6-8-3-2-4-15-8)10-5-9(11)12-7-13-10/h5,7-8H,2-4,6H2,1H3,(H2,11,12,13). The van der Waals surface area contributed by atoms with E-state index < -0.39 is 0 Å². The third-order valence-corrected chi connectivity index (χ3v) is 2.57. The zero-order chi connectivity index (χ0) is 10.7. The Bertz CT molecular complexity index is 325. The van der Waals surface area contributed by atoms with E-state index in [0.717, 1.165) is 31.8 Å². The fraction of sp³-hybridized carbons (Fsp3) is 0.600. The Morgan fingerprint density at radius 3 is 3.13 bits per heavy atom. The highest BCUT2D eigenvalue weighted by Crippen LogP contribution is 2.16. The second kappa shape index (κ2) is 4.44. The fourth-order valence-electron chi connectivity index (χ4n) is 1.76. The minimum Gasteiger partial charge on any atom is -0.384 e. The Kier molecular flexibility index (Phi) is 3.01. The van der Waals surface area contributed by atoms with Gasteiger partial charge in [-0.25, -0.2) is 9.97 Å². The van der Waals surface area contributed by atoms with Crippen molar-refractivity contribution in [1.29, 1.82) is 0 Å². The van der Waals surface area contributed by atoms with Gasteiger partial charge in [-0.3, -0.25) is 0 Å². The molecule has 0 aromatic carbocycles. The molecule has 0 bridgehead atoms. The smallest absolute Gasteiger partial charge is 0.133 e. The molecule has 2 heterocycles. The van der Waals surface area contributed by atoms with Crippen LogP contribution in [0.3, 0.4) is 0 Å². The van der Waals surface area contributed by atoms with Crippen LogP contribution in [-0.2, 0) is 4.74 Å². The van der Waals surface area contributed by atoms with Crippen LogP contribution in [0.1, 0.15) is 12.8 Å². The zero-order valence-electron chi connectivity index (χ0n) is 8.89. The second-order valence-corrected chi connectivity index (χ2v) is 3.82. The van der Waals surface area contributed by atoms with Gasteiger partial charge in [0, 0.05) is 26.3 Å². The molecular weight excluding hydrogens is 192 g/mol. The Hall–Kier alpha value is -1.36. The molecule has 0 aliphatic carbocycles. The SMILES string of the molecule is CN(CC1CCCO1)c1cc(N)ncn1. The van der Waals surface area contributed by atoms with Crippen LogP contribution in [0, 0.1) is 0 Å². The minimum atomic E-state index is 0.325. The minimum absolute atomic E-state index is 0.325.